The Hall–Kier alpha value is -3.29. The highest BCUT2D eigenvalue weighted by molar-refractivity contribution is 5.77. The van der Waals surface area contributed by atoms with Gasteiger partial charge in [-0.15, -0.1) is 0 Å². The molecule has 3 rings (SSSR count). The summed E-state index contributed by atoms with van der Waals surface area (Å²) < 4.78 is 27.0. The number of hydrogen-bond acceptors (Lipinski definition) is 3. The molecule has 6 nitrogen and oxygen atoms in total. The number of pyridine rings is 1. The zero-order valence-electron chi connectivity index (χ0n) is 16.0. The third kappa shape index (κ3) is 6.10. The van der Waals surface area contributed by atoms with Crippen molar-refractivity contribution < 1.29 is 8.78 Å². The van der Waals surface area contributed by atoms with Crippen molar-refractivity contribution in [3.63, 3.8) is 0 Å². The minimum Gasteiger partial charge on any atom is -0.370 e. The Morgan fingerprint density at radius 2 is 2.10 bits per heavy atom. The molecule has 0 saturated carbocycles. The number of benzene rings is 1. The molecule has 0 fully saturated rings. The number of nitrogens with two attached hydrogens (primary N) is 1. The molecule has 0 saturated heterocycles. The first kappa shape index (κ1) is 20.4. The molecule has 1 atom stereocenters. The normalized spacial score (nSPS) is 12.7. The Bertz CT molecular complexity index is 912. The Morgan fingerprint density at radius 1 is 1.21 bits per heavy atom. The van der Waals surface area contributed by atoms with Gasteiger partial charge in [-0.25, -0.2) is 13.8 Å². The summed E-state index contributed by atoms with van der Waals surface area (Å²) in [7, 11) is 0. The fraction of sp³-hybridized carbons (Fsp3) is 0.286. The van der Waals surface area contributed by atoms with Crippen LogP contribution in [0.1, 0.15) is 35.7 Å². The maximum atomic E-state index is 13.7. The lowest BCUT2D eigenvalue weighted by atomic mass is 9.92. The van der Waals surface area contributed by atoms with Crippen LogP contribution in [0, 0.1) is 11.6 Å². The number of halogens is 2. The summed E-state index contributed by atoms with van der Waals surface area (Å²) in [6.07, 6.45) is 7.45. The van der Waals surface area contributed by atoms with Gasteiger partial charge in [0, 0.05) is 42.8 Å². The number of imidazole rings is 1. The van der Waals surface area contributed by atoms with E-state index < -0.39 is 11.6 Å². The van der Waals surface area contributed by atoms with E-state index in [-0.39, 0.29) is 5.92 Å². The monoisotopic (exact) mass is 398 g/mol. The van der Waals surface area contributed by atoms with Crippen LogP contribution >= 0.6 is 0 Å². The van der Waals surface area contributed by atoms with Crippen molar-refractivity contribution in [2.24, 2.45) is 10.7 Å². The van der Waals surface area contributed by atoms with E-state index in [0.717, 1.165) is 30.3 Å². The average molecular weight is 398 g/mol. The van der Waals surface area contributed by atoms with Gasteiger partial charge in [-0.3, -0.25) is 9.98 Å². The van der Waals surface area contributed by atoms with Crippen molar-refractivity contribution in [3.8, 4) is 0 Å². The van der Waals surface area contributed by atoms with E-state index in [1.165, 1.54) is 6.07 Å². The Labute approximate surface area is 168 Å². The van der Waals surface area contributed by atoms with Crippen LogP contribution in [0.5, 0.6) is 0 Å². The number of aryl methyl sites for hydroxylation is 1. The number of aromatic nitrogens is 3. The van der Waals surface area contributed by atoms with E-state index in [1.807, 2.05) is 18.2 Å². The second-order valence-electron chi connectivity index (χ2n) is 6.64. The van der Waals surface area contributed by atoms with Gasteiger partial charge in [0.25, 0.3) is 0 Å². The summed E-state index contributed by atoms with van der Waals surface area (Å²) >= 11 is 0. The molecule has 0 unspecified atom stereocenters. The zero-order valence-corrected chi connectivity index (χ0v) is 16.0. The number of rotatable bonds is 9. The van der Waals surface area contributed by atoms with E-state index in [0.29, 0.717) is 31.0 Å². The standard InChI is InChI=1S/C21H24F2N6/c22-18-7-6-15(12-19(18)23)17(20-5-1-2-9-26-20)8-11-28-21(24)27-10-3-4-16-13-25-14-29-16/h1-2,5-7,9,12-14,17H,3-4,8,10-11H2,(H,25,29)(H3,24,27,28)/t17-/m1/s1. The molecule has 0 aliphatic heterocycles. The van der Waals surface area contributed by atoms with E-state index in [2.05, 4.69) is 25.3 Å². The van der Waals surface area contributed by atoms with Gasteiger partial charge in [-0.2, -0.15) is 0 Å². The van der Waals surface area contributed by atoms with E-state index in [9.17, 15) is 8.78 Å². The molecule has 0 amide bonds. The highest BCUT2D eigenvalue weighted by atomic mass is 19.2. The molecular weight excluding hydrogens is 374 g/mol. The van der Waals surface area contributed by atoms with Crippen LogP contribution in [0.25, 0.3) is 0 Å². The molecule has 0 aliphatic rings. The number of aromatic amines is 1. The van der Waals surface area contributed by atoms with Crippen molar-refractivity contribution in [3.05, 3.63) is 83.7 Å². The van der Waals surface area contributed by atoms with E-state index >= 15 is 0 Å². The summed E-state index contributed by atoms with van der Waals surface area (Å²) in [5.41, 5.74) is 8.45. The van der Waals surface area contributed by atoms with Gasteiger partial charge in [-0.1, -0.05) is 12.1 Å². The maximum Gasteiger partial charge on any atom is 0.188 e. The fourth-order valence-electron chi connectivity index (χ4n) is 3.09. The minimum absolute atomic E-state index is 0.188. The van der Waals surface area contributed by atoms with Gasteiger partial charge in [0.2, 0.25) is 0 Å². The highest BCUT2D eigenvalue weighted by Crippen LogP contribution is 2.27. The Balaban J connectivity index is 1.55. The summed E-state index contributed by atoms with van der Waals surface area (Å²) in [6, 6.07) is 9.52. The van der Waals surface area contributed by atoms with Crippen molar-refractivity contribution in [2.75, 3.05) is 13.1 Å². The topological polar surface area (TPSA) is 92.0 Å². The molecule has 0 bridgehead atoms. The predicted molar refractivity (Wildman–Crippen MR) is 108 cm³/mol. The Morgan fingerprint density at radius 3 is 2.83 bits per heavy atom. The van der Waals surface area contributed by atoms with Crippen LogP contribution in [0.2, 0.25) is 0 Å². The van der Waals surface area contributed by atoms with Crippen molar-refractivity contribution in [1.82, 2.24) is 20.3 Å². The van der Waals surface area contributed by atoms with E-state index in [4.69, 9.17) is 5.73 Å². The summed E-state index contributed by atoms with van der Waals surface area (Å²) in [6.45, 7) is 1.13. The van der Waals surface area contributed by atoms with Crippen LogP contribution < -0.4 is 11.1 Å². The molecule has 0 spiro atoms. The number of aliphatic imine (C=N–C) groups is 1. The summed E-state index contributed by atoms with van der Waals surface area (Å²) in [4.78, 5) is 15.7. The number of H-pyrrole nitrogens is 1. The summed E-state index contributed by atoms with van der Waals surface area (Å²) in [5.74, 6) is -1.56. The molecule has 2 aromatic heterocycles. The first-order chi connectivity index (χ1) is 14.1. The van der Waals surface area contributed by atoms with Gasteiger partial charge in [0.1, 0.15) is 0 Å². The molecular formula is C21H24F2N6. The summed E-state index contributed by atoms with van der Waals surface area (Å²) in [5, 5.41) is 3.08. The van der Waals surface area contributed by atoms with Crippen molar-refractivity contribution >= 4 is 5.96 Å². The SMILES string of the molecule is NC(=NCCCc1cnc[nH]1)NCC[C@H](c1ccc(F)c(F)c1)c1ccccn1. The van der Waals surface area contributed by atoms with Crippen LogP contribution in [0.3, 0.4) is 0 Å². The third-order valence-electron chi connectivity index (χ3n) is 4.57. The van der Waals surface area contributed by atoms with Crippen LogP contribution in [-0.2, 0) is 6.42 Å². The number of guanidine groups is 1. The largest absolute Gasteiger partial charge is 0.370 e. The molecule has 152 valence electrons. The second kappa shape index (κ2) is 10.3. The molecule has 0 aliphatic carbocycles. The lowest BCUT2D eigenvalue weighted by Crippen LogP contribution is -2.33. The maximum absolute atomic E-state index is 13.7. The number of nitrogens with zero attached hydrogens (tertiary/aromatic N) is 3. The first-order valence-corrected chi connectivity index (χ1v) is 9.50. The van der Waals surface area contributed by atoms with Gasteiger partial charge in [-0.05, 0) is 49.1 Å². The van der Waals surface area contributed by atoms with Crippen LogP contribution in [0.15, 0.2) is 60.1 Å². The van der Waals surface area contributed by atoms with Gasteiger partial charge in [0.05, 0.1) is 6.33 Å². The molecule has 3 aromatic rings. The highest BCUT2D eigenvalue weighted by Gasteiger charge is 2.17. The third-order valence-corrected chi connectivity index (χ3v) is 4.57. The van der Waals surface area contributed by atoms with Gasteiger partial charge < -0.3 is 16.0 Å². The molecule has 0 radical (unpaired) electrons. The smallest absolute Gasteiger partial charge is 0.188 e. The van der Waals surface area contributed by atoms with Crippen molar-refractivity contribution in [1.29, 1.82) is 0 Å². The Kier molecular flexibility index (Phi) is 7.27. The molecule has 1 aromatic carbocycles. The van der Waals surface area contributed by atoms with Gasteiger partial charge >= 0.3 is 0 Å². The van der Waals surface area contributed by atoms with Gasteiger partial charge in [0.15, 0.2) is 17.6 Å². The molecule has 4 N–H and O–H groups in total. The predicted octanol–water partition coefficient (Wildman–Crippen LogP) is 3.14. The second-order valence-corrected chi connectivity index (χ2v) is 6.64. The number of nitrogens with one attached hydrogen (secondary N) is 2. The minimum atomic E-state index is -0.866. The first-order valence-electron chi connectivity index (χ1n) is 9.50. The molecule has 2 heterocycles. The quantitative estimate of drug-likeness (QED) is 0.293. The van der Waals surface area contributed by atoms with Crippen LogP contribution in [-0.4, -0.2) is 34.0 Å². The average Bonchev–Trinajstić information content (AvgIpc) is 3.25. The lowest BCUT2D eigenvalue weighted by Gasteiger charge is -2.18. The molecule has 8 heteroatoms. The fourth-order valence-corrected chi connectivity index (χ4v) is 3.09. The van der Waals surface area contributed by atoms with Crippen molar-refractivity contribution in [2.45, 2.75) is 25.2 Å². The lowest BCUT2D eigenvalue weighted by molar-refractivity contribution is 0.505. The van der Waals surface area contributed by atoms with Crippen LogP contribution in [0.4, 0.5) is 8.78 Å². The zero-order chi connectivity index (χ0) is 20.5. The number of hydrogen-bond donors (Lipinski definition) is 3. The molecule has 29 heavy (non-hydrogen) atoms. The van der Waals surface area contributed by atoms with E-state index in [1.54, 1.807) is 24.8 Å².